The van der Waals surface area contributed by atoms with Crippen LogP contribution >= 0.6 is 22.7 Å². The minimum Gasteiger partial charge on any atom is -0.475 e. The van der Waals surface area contributed by atoms with Crippen molar-refractivity contribution < 1.29 is 32.5 Å². The number of aliphatic carboxylic acids is 1. The molecule has 0 spiro atoms. The van der Waals surface area contributed by atoms with Crippen LogP contribution in [-0.4, -0.2) is 59.0 Å². The van der Waals surface area contributed by atoms with Crippen LogP contribution in [-0.2, 0) is 27.4 Å². The molecule has 0 unspecified atom stereocenters. The SMILES string of the molecule is Cc1nc(CO[C@H]2CN(Cc3cccs3)[C@@H]3COC[C@H]23)cs1.O=C(O)C(F)(F)F. The van der Waals surface area contributed by atoms with Crippen molar-refractivity contribution in [1.82, 2.24) is 9.88 Å². The van der Waals surface area contributed by atoms with Crippen molar-refractivity contribution in [3.8, 4) is 0 Å². The molecular weight excluding hydrogens is 429 g/mol. The third-order valence-electron chi connectivity index (χ3n) is 4.75. The number of likely N-dealkylation sites (tertiary alicyclic amines) is 1. The molecule has 0 aliphatic carbocycles. The van der Waals surface area contributed by atoms with Gasteiger partial charge >= 0.3 is 12.1 Å². The number of carboxylic acids is 1. The number of carboxylic acid groups (broad SMARTS) is 1. The number of carbonyl (C=O) groups is 1. The summed E-state index contributed by atoms with van der Waals surface area (Å²) >= 11 is 3.51. The zero-order valence-electron chi connectivity index (χ0n) is 15.6. The highest BCUT2D eigenvalue weighted by Crippen LogP contribution is 2.34. The summed E-state index contributed by atoms with van der Waals surface area (Å²) in [7, 11) is 0. The summed E-state index contributed by atoms with van der Waals surface area (Å²) in [6, 6.07) is 4.84. The first-order valence-electron chi connectivity index (χ1n) is 8.91. The van der Waals surface area contributed by atoms with Crippen molar-refractivity contribution in [2.75, 3.05) is 19.8 Å². The van der Waals surface area contributed by atoms with E-state index in [1.807, 2.05) is 18.3 Å². The second kappa shape index (κ2) is 9.52. The molecule has 160 valence electrons. The molecule has 2 aromatic heterocycles. The fraction of sp³-hybridized carbons (Fsp3) is 0.556. The molecule has 4 heterocycles. The van der Waals surface area contributed by atoms with Crippen molar-refractivity contribution in [2.24, 2.45) is 5.92 Å². The van der Waals surface area contributed by atoms with Gasteiger partial charge in [-0.05, 0) is 18.4 Å². The van der Waals surface area contributed by atoms with Gasteiger partial charge in [0.15, 0.2) is 0 Å². The molecule has 0 radical (unpaired) electrons. The number of halogens is 3. The zero-order chi connectivity index (χ0) is 21.0. The second-order valence-electron chi connectivity index (χ2n) is 6.79. The van der Waals surface area contributed by atoms with Crippen molar-refractivity contribution in [1.29, 1.82) is 0 Å². The minimum absolute atomic E-state index is 0.259. The first kappa shape index (κ1) is 22.2. The molecule has 0 saturated carbocycles. The van der Waals surface area contributed by atoms with E-state index in [9.17, 15) is 13.2 Å². The number of hydrogen-bond donors (Lipinski definition) is 1. The van der Waals surface area contributed by atoms with Gasteiger partial charge in [-0.15, -0.1) is 22.7 Å². The van der Waals surface area contributed by atoms with Gasteiger partial charge in [0.1, 0.15) is 0 Å². The average Bonchev–Trinajstić information content (AvgIpc) is 3.40. The molecule has 0 bridgehead atoms. The van der Waals surface area contributed by atoms with E-state index < -0.39 is 12.1 Å². The van der Waals surface area contributed by atoms with E-state index in [2.05, 4.69) is 32.8 Å². The monoisotopic (exact) mass is 450 g/mol. The maximum absolute atomic E-state index is 10.6. The van der Waals surface area contributed by atoms with Gasteiger partial charge < -0.3 is 14.6 Å². The Morgan fingerprint density at radius 2 is 2.17 bits per heavy atom. The minimum atomic E-state index is -5.08. The third-order valence-corrected chi connectivity index (χ3v) is 6.43. The number of nitrogens with zero attached hydrogens (tertiary/aromatic N) is 2. The number of rotatable bonds is 5. The average molecular weight is 451 g/mol. The Balaban J connectivity index is 0.000000298. The lowest BCUT2D eigenvalue weighted by atomic mass is 10.0. The van der Waals surface area contributed by atoms with Gasteiger partial charge in [0.25, 0.3) is 0 Å². The highest BCUT2D eigenvalue weighted by Gasteiger charge is 2.46. The van der Waals surface area contributed by atoms with Crippen LogP contribution in [0.15, 0.2) is 22.9 Å². The molecule has 0 aromatic carbocycles. The summed E-state index contributed by atoms with van der Waals surface area (Å²) in [5.74, 6) is -2.26. The largest absolute Gasteiger partial charge is 0.490 e. The number of fused-ring (bicyclic) bond motifs is 1. The Hall–Kier alpha value is -1.53. The van der Waals surface area contributed by atoms with Gasteiger partial charge in [-0.3, -0.25) is 4.90 Å². The topological polar surface area (TPSA) is 71.9 Å². The smallest absolute Gasteiger partial charge is 0.475 e. The summed E-state index contributed by atoms with van der Waals surface area (Å²) in [5, 5.41) is 12.5. The molecule has 4 rings (SSSR count). The van der Waals surface area contributed by atoms with E-state index in [1.165, 1.54) is 4.88 Å². The summed E-state index contributed by atoms with van der Waals surface area (Å²) in [6.07, 6.45) is -4.82. The van der Waals surface area contributed by atoms with Gasteiger partial charge in [0, 0.05) is 35.3 Å². The van der Waals surface area contributed by atoms with Crippen LogP contribution in [0, 0.1) is 12.8 Å². The molecule has 2 fully saturated rings. The van der Waals surface area contributed by atoms with E-state index >= 15 is 0 Å². The molecule has 2 aliphatic heterocycles. The Labute approximate surface area is 173 Å². The van der Waals surface area contributed by atoms with Crippen molar-refractivity contribution in [3.63, 3.8) is 0 Å². The van der Waals surface area contributed by atoms with Gasteiger partial charge in [0.05, 0.1) is 36.6 Å². The van der Waals surface area contributed by atoms with E-state index in [1.54, 1.807) is 11.3 Å². The number of thiophene rings is 1. The van der Waals surface area contributed by atoms with Crippen molar-refractivity contribution >= 4 is 28.6 Å². The first-order chi connectivity index (χ1) is 13.7. The van der Waals surface area contributed by atoms with Crippen LogP contribution in [0.4, 0.5) is 13.2 Å². The summed E-state index contributed by atoms with van der Waals surface area (Å²) < 4.78 is 43.6. The Morgan fingerprint density at radius 1 is 1.41 bits per heavy atom. The number of aryl methyl sites for hydroxylation is 1. The number of alkyl halides is 3. The fourth-order valence-electron chi connectivity index (χ4n) is 3.42. The quantitative estimate of drug-likeness (QED) is 0.751. The van der Waals surface area contributed by atoms with Crippen LogP contribution in [0.3, 0.4) is 0 Å². The summed E-state index contributed by atoms with van der Waals surface area (Å²) in [4.78, 5) is 17.3. The van der Waals surface area contributed by atoms with Crippen molar-refractivity contribution in [3.05, 3.63) is 38.5 Å². The molecule has 29 heavy (non-hydrogen) atoms. The predicted molar refractivity (Wildman–Crippen MR) is 102 cm³/mol. The highest BCUT2D eigenvalue weighted by molar-refractivity contribution is 7.10. The van der Waals surface area contributed by atoms with E-state index in [0.717, 1.165) is 37.0 Å². The van der Waals surface area contributed by atoms with Gasteiger partial charge in [-0.2, -0.15) is 13.2 Å². The molecule has 0 amide bonds. The number of ether oxygens (including phenoxy) is 2. The first-order valence-corrected chi connectivity index (χ1v) is 10.7. The van der Waals surface area contributed by atoms with Crippen LogP contribution < -0.4 is 0 Å². The molecular formula is C18H21F3N2O4S2. The number of hydrogen-bond acceptors (Lipinski definition) is 7. The lowest BCUT2D eigenvalue weighted by molar-refractivity contribution is -0.192. The zero-order valence-corrected chi connectivity index (χ0v) is 17.2. The number of thiazole rings is 1. The van der Waals surface area contributed by atoms with E-state index in [0.29, 0.717) is 18.6 Å². The van der Waals surface area contributed by atoms with Crippen molar-refractivity contribution in [2.45, 2.75) is 38.4 Å². The molecule has 3 atom stereocenters. The van der Waals surface area contributed by atoms with Gasteiger partial charge in [-0.1, -0.05) is 6.07 Å². The Morgan fingerprint density at radius 3 is 2.76 bits per heavy atom. The normalized spacial score (nSPS) is 24.2. The Kier molecular flexibility index (Phi) is 7.28. The molecule has 11 heteroatoms. The molecule has 2 aromatic rings. The van der Waals surface area contributed by atoms with Crippen LogP contribution in [0.2, 0.25) is 0 Å². The Bertz CT molecular complexity index is 797. The third kappa shape index (κ3) is 5.98. The predicted octanol–water partition coefficient (Wildman–Crippen LogP) is 3.56. The summed E-state index contributed by atoms with van der Waals surface area (Å²) in [6.45, 7) is 6.33. The lowest BCUT2D eigenvalue weighted by Crippen LogP contribution is -2.31. The maximum Gasteiger partial charge on any atom is 0.490 e. The molecule has 2 saturated heterocycles. The van der Waals surface area contributed by atoms with E-state index in [4.69, 9.17) is 19.4 Å². The van der Waals surface area contributed by atoms with Gasteiger partial charge in [-0.25, -0.2) is 9.78 Å². The van der Waals surface area contributed by atoms with Crippen LogP contribution in [0.25, 0.3) is 0 Å². The number of aromatic nitrogens is 1. The lowest BCUT2D eigenvalue weighted by Gasteiger charge is -2.21. The van der Waals surface area contributed by atoms with Crippen LogP contribution in [0.5, 0.6) is 0 Å². The summed E-state index contributed by atoms with van der Waals surface area (Å²) in [5.41, 5.74) is 1.05. The highest BCUT2D eigenvalue weighted by atomic mass is 32.1. The van der Waals surface area contributed by atoms with E-state index in [-0.39, 0.29) is 6.10 Å². The fourth-order valence-corrected chi connectivity index (χ4v) is 4.75. The molecule has 6 nitrogen and oxygen atoms in total. The molecule has 1 N–H and O–H groups in total. The van der Waals surface area contributed by atoms with Crippen LogP contribution in [0.1, 0.15) is 15.6 Å². The maximum atomic E-state index is 10.6. The molecule has 2 aliphatic rings. The standard InChI is InChI=1S/C16H20N2O2S2.C2HF3O2/c1-11-17-12(10-22-11)7-20-16-6-18(5-13-3-2-4-21-13)15-9-19-8-14(15)16;3-2(4,5)1(6)7/h2-4,10,14-16H,5-9H2,1H3;(H,6,7)/t14-,15+,16-;/m0./s1. The second-order valence-corrected chi connectivity index (χ2v) is 8.88. The van der Waals surface area contributed by atoms with Gasteiger partial charge in [0.2, 0.25) is 0 Å².